The van der Waals surface area contributed by atoms with Gasteiger partial charge in [-0.3, -0.25) is 4.79 Å². The van der Waals surface area contributed by atoms with Crippen molar-refractivity contribution in [1.82, 2.24) is 0 Å². The van der Waals surface area contributed by atoms with Crippen LogP contribution >= 0.6 is 11.8 Å². The number of rotatable bonds is 4. The van der Waals surface area contributed by atoms with Crippen LogP contribution in [0.3, 0.4) is 0 Å². The summed E-state index contributed by atoms with van der Waals surface area (Å²) in [4.78, 5) is 11.2. The van der Waals surface area contributed by atoms with Crippen LogP contribution in [-0.4, -0.2) is 10.9 Å². The standard InChI is InChI=1S/C11H14OS/c1-2-13-11(12)9-8-10-6-4-3-5-7-10/h3-7H,2,8-9H2,1H3. The number of benzene rings is 1. The molecule has 0 aliphatic carbocycles. The lowest BCUT2D eigenvalue weighted by Crippen LogP contribution is -1.95. The largest absolute Gasteiger partial charge is 0.287 e. The van der Waals surface area contributed by atoms with Crippen LogP contribution in [0, 0.1) is 0 Å². The summed E-state index contributed by atoms with van der Waals surface area (Å²) in [6.45, 7) is 2.01. The summed E-state index contributed by atoms with van der Waals surface area (Å²) in [6.07, 6.45) is 1.52. The van der Waals surface area contributed by atoms with Crippen molar-refractivity contribution in [2.75, 3.05) is 5.75 Å². The van der Waals surface area contributed by atoms with Gasteiger partial charge in [-0.1, -0.05) is 49.0 Å². The summed E-state index contributed by atoms with van der Waals surface area (Å²) >= 11 is 1.41. The monoisotopic (exact) mass is 194 g/mol. The third-order valence-electron chi connectivity index (χ3n) is 1.77. The van der Waals surface area contributed by atoms with Gasteiger partial charge in [-0.25, -0.2) is 0 Å². The van der Waals surface area contributed by atoms with Crippen molar-refractivity contribution >= 4 is 16.9 Å². The number of carbonyl (C=O) groups is 1. The highest BCUT2D eigenvalue weighted by atomic mass is 32.2. The molecule has 0 unspecified atom stereocenters. The van der Waals surface area contributed by atoms with E-state index in [9.17, 15) is 4.79 Å². The summed E-state index contributed by atoms with van der Waals surface area (Å²) in [6, 6.07) is 10.1. The molecule has 0 atom stereocenters. The third kappa shape index (κ3) is 4.13. The zero-order valence-corrected chi connectivity index (χ0v) is 8.64. The summed E-state index contributed by atoms with van der Waals surface area (Å²) in [7, 11) is 0. The maximum Gasteiger partial charge on any atom is 0.189 e. The van der Waals surface area contributed by atoms with Gasteiger partial charge < -0.3 is 0 Å². The zero-order chi connectivity index (χ0) is 9.52. The van der Waals surface area contributed by atoms with Crippen LogP contribution < -0.4 is 0 Å². The maximum atomic E-state index is 11.2. The van der Waals surface area contributed by atoms with Crippen molar-refractivity contribution in [3.63, 3.8) is 0 Å². The molecule has 1 aromatic rings. The van der Waals surface area contributed by atoms with Crippen molar-refractivity contribution in [1.29, 1.82) is 0 Å². The van der Waals surface area contributed by atoms with Gasteiger partial charge in [0.2, 0.25) is 0 Å². The van der Waals surface area contributed by atoms with Crippen molar-refractivity contribution in [3.8, 4) is 0 Å². The van der Waals surface area contributed by atoms with Crippen LogP contribution in [0.4, 0.5) is 0 Å². The molecule has 0 heterocycles. The molecule has 1 nitrogen and oxygen atoms in total. The fourth-order valence-electron chi connectivity index (χ4n) is 1.12. The molecule has 1 rings (SSSR count). The minimum atomic E-state index is 0.298. The lowest BCUT2D eigenvalue weighted by molar-refractivity contribution is -0.110. The van der Waals surface area contributed by atoms with E-state index < -0.39 is 0 Å². The van der Waals surface area contributed by atoms with E-state index in [1.54, 1.807) is 0 Å². The summed E-state index contributed by atoms with van der Waals surface area (Å²) in [5.41, 5.74) is 1.24. The fraction of sp³-hybridized carbons (Fsp3) is 0.364. The molecule has 0 saturated carbocycles. The number of aryl methyl sites for hydroxylation is 1. The molecule has 0 spiro atoms. The molecule has 0 aromatic heterocycles. The number of carbonyl (C=O) groups excluding carboxylic acids is 1. The molecule has 0 radical (unpaired) electrons. The van der Waals surface area contributed by atoms with Crippen molar-refractivity contribution < 1.29 is 4.79 Å². The Labute approximate surface area is 83.5 Å². The van der Waals surface area contributed by atoms with E-state index in [4.69, 9.17) is 0 Å². The van der Waals surface area contributed by atoms with Crippen molar-refractivity contribution in [3.05, 3.63) is 35.9 Å². The van der Waals surface area contributed by atoms with Gasteiger partial charge in [0, 0.05) is 6.42 Å². The smallest absolute Gasteiger partial charge is 0.189 e. The second kappa shape index (κ2) is 5.81. The molecule has 0 aliphatic rings. The first kappa shape index (κ1) is 10.3. The van der Waals surface area contributed by atoms with Gasteiger partial charge in [-0.2, -0.15) is 0 Å². The zero-order valence-electron chi connectivity index (χ0n) is 7.82. The van der Waals surface area contributed by atoms with E-state index in [2.05, 4.69) is 12.1 Å². The van der Waals surface area contributed by atoms with E-state index in [-0.39, 0.29) is 0 Å². The highest BCUT2D eigenvalue weighted by molar-refractivity contribution is 8.13. The Balaban J connectivity index is 2.31. The fourth-order valence-corrected chi connectivity index (χ4v) is 1.69. The maximum absolute atomic E-state index is 11.2. The van der Waals surface area contributed by atoms with Gasteiger partial charge in [0.1, 0.15) is 0 Å². The first-order chi connectivity index (χ1) is 6.33. The number of thioether (sulfide) groups is 1. The first-order valence-electron chi connectivity index (χ1n) is 4.52. The van der Waals surface area contributed by atoms with Gasteiger partial charge >= 0.3 is 0 Å². The highest BCUT2D eigenvalue weighted by Gasteiger charge is 2.00. The summed E-state index contributed by atoms with van der Waals surface area (Å²) in [5.74, 6) is 0.883. The summed E-state index contributed by atoms with van der Waals surface area (Å²) < 4.78 is 0. The van der Waals surface area contributed by atoms with Crippen LogP contribution in [0.2, 0.25) is 0 Å². The molecule has 13 heavy (non-hydrogen) atoms. The van der Waals surface area contributed by atoms with Crippen LogP contribution in [0.15, 0.2) is 30.3 Å². The van der Waals surface area contributed by atoms with Crippen molar-refractivity contribution in [2.24, 2.45) is 0 Å². The van der Waals surface area contributed by atoms with E-state index >= 15 is 0 Å². The van der Waals surface area contributed by atoms with Crippen LogP contribution in [0.1, 0.15) is 18.9 Å². The van der Waals surface area contributed by atoms with Gasteiger partial charge in [0.25, 0.3) is 0 Å². The molecule has 2 heteroatoms. The lowest BCUT2D eigenvalue weighted by atomic mass is 10.1. The molecule has 0 amide bonds. The second-order valence-electron chi connectivity index (χ2n) is 2.79. The van der Waals surface area contributed by atoms with E-state index in [0.29, 0.717) is 11.5 Å². The average Bonchev–Trinajstić information content (AvgIpc) is 2.17. The molecule has 0 aliphatic heterocycles. The molecule has 0 fully saturated rings. The molecule has 0 bridgehead atoms. The van der Waals surface area contributed by atoms with Crippen molar-refractivity contribution in [2.45, 2.75) is 19.8 Å². The SMILES string of the molecule is CCSC(=O)CCc1ccccc1. The highest BCUT2D eigenvalue weighted by Crippen LogP contribution is 2.09. The van der Waals surface area contributed by atoms with E-state index in [1.807, 2.05) is 25.1 Å². The van der Waals surface area contributed by atoms with Gasteiger partial charge in [0.15, 0.2) is 5.12 Å². The Kier molecular flexibility index (Phi) is 4.61. The van der Waals surface area contributed by atoms with Crippen LogP contribution in [0.25, 0.3) is 0 Å². The Bertz CT molecular complexity index is 256. The topological polar surface area (TPSA) is 17.1 Å². The summed E-state index contributed by atoms with van der Waals surface area (Å²) in [5, 5.41) is 0.298. The number of hydrogen-bond acceptors (Lipinski definition) is 2. The van der Waals surface area contributed by atoms with Gasteiger partial charge in [-0.15, -0.1) is 0 Å². The van der Waals surface area contributed by atoms with E-state index in [1.165, 1.54) is 17.3 Å². The number of hydrogen-bond donors (Lipinski definition) is 0. The molecule has 0 saturated heterocycles. The quantitative estimate of drug-likeness (QED) is 0.733. The molecule has 1 aromatic carbocycles. The molecule has 0 N–H and O–H groups in total. The predicted molar refractivity (Wildman–Crippen MR) is 57.9 cm³/mol. The minimum absolute atomic E-state index is 0.298. The Morgan fingerprint density at radius 2 is 2.00 bits per heavy atom. The Hall–Kier alpha value is -0.760. The first-order valence-corrected chi connectivity index (χ1v) is 5.51. The molecule has 70 valence electrons. The Morgan fingerprint density at radius 1 is 1.31 bits per heavy atom. The van der Waals surface area contributed by atoms with Gasteiger partial charge in [0.05, 0.1) is 0 Å². The minimum Gasteiger partial charge on any atom is -0.287 e. The second-order valence-corrected chi connectivity index (χ2v) is 4.11. The average molecular weight is 194 g/mol. The predicted octanol–water partition coefficient (Wildman–Crippen LogP) is 2.90. The molecular weight excluding hydrogens is 180 g/mol. The Morgan fingerprint density at radius 3 is 2.62 bits per heavy atom. The van der Waals surface area contributed by atoms with Crippen LogP contribution in [-0.2, 0) is 11.2 Å². The third-order valence-corrected chi connectivity index (χ3v) is 2.58. The van der Waals surface area contributed by atoms with Gasteiger partial charge in [-0.05, 0) is 17.7 Å². The lowest BCUT2D eigenvalue weighted by Gasteiger charge is -1.99. The van der Waals surface area contributed by atoms with Crippen LogP contribution in [0.5, 0.6) is 0 Å². The molecular formula is C11H14OS. The normalized spacial score (nSPS) is 9.92. The van der Waals surface area contributed by atoms with E-state index in [0.717, 1.165) is 12.2 Å².